The van der Waals surface area contributed by atoms with Gasteiger partial charge in [0.2, 0.25) is 10.0 Å². The third-order valence-electron chi connectivity index (χ3n) is 2.80. The Morgan fingerprint density at radius 3 is 2.67 bits per heavy atom. The molecule has 0 radical (unpaired) electrons. The van der Waals surface area contributed by atoms with Gasteiger partial charge in [-0.1, -0.05) is 15.9 Å². The lowest BCUT2D eigenvalue weighted by Gasteiger charge is -2.10. The number of benzene rings is 1. The lowest BCUT2D eigenvalue weighted by atomic mass is 10.2. The van der Waals surface area contributed by atoms with Crippen LogP contribution in [-0.4, -0.2) is 21.5 Å². The normalized spacial score (nSPS) is 15.9. The first-order chi connectivity index (χ1) is 8.44. The second-order valence-corrected chi connectivity index (χ2v) is 7.01. The van der Waals surface area contributed by atoms with Crippen LogP contribution in [0.15, 0.2) is 21.5 Å². The SMILES string of the molecule is CNS(=O)(=O)c1cc(Br)cc(CNC2CC2)c1F. The number of rotatable bonds is 5. The molecular formula is C11H14BrFN2O2S. The summed E-state index contributed by atoms with van der Waals surface area (Å²) in [6, 6.07) is 3.30. The molecule has 1 aromatic carbocycles. The van der Waals surface area contributed by atoms with Crippen molar-refractivity contribution in [3.63, 3.8) is 0 Å². The minimum Gasteiger partial charge on any atom is -0.310 e. The molecule has 4 nitrogen and oxygen atoms in total. The van der Waals surface area contributed by atoms with Crippen LogP contribution in [0, 0.1) is 5.82 Å². The average Bonchev–Trinajstić information content (AvgIpc) is 3.13. The zero-order valence-electron chi connectivity index (χ0n) is 9.83. The maximum atomic E-state index is 14.1. The van der Waals surface area contributed by atoms with E-state index in [4.69, 9.17) is 0 Å². The van der Waals surface area contributed by atoms with Crippen LogP contribution >= 0.6 is 15.9 Å². The molecule has 100 valence electrons. The Labute approximate surface area is 114 Å². The number of halogens is 2. The second kappa shape index (κ2) is 5.24. The Hall–Kier alpha value is -0.500. The van der Waals surface area contributed by atoms with Gasteiger partial charge >= 0.3 is 0 Å². The Balaban J connectivity index is 2.35. The van der Waals surface area contributed by atoms with Crippen LogP contribution in [0.5, 0.6) is 0 Å². The van der Waals surface area contributed by atoms with Crippen LogP contribution in [0.25, 0.3) is 0 Å². The fourth-order valence-electron chi connectivity index (χ4n) is 1.59. The van der Waals surface area contributed by atoms with Gasteiger partial charge in [-0.2, -0.15) is 0 Å². The molecule has 0 unspecified atom stereocenters. The molecule has 1 aliphatic carbocycles. The van der Waals surface area contributed by atoms with Crippen molar-refractivity contribution in [3.8, 4) is 0 Å². The van der Waals surface area contributed by atoms with Crippen molar-refractivity contribution in [1.29, 1.82) is 0 Å². The molecule has 1 fully saturated rings. The van der Waals surface area contributed by atoms with Crippen LogP contribution in [0.1, 0.15) is 18.4 Å². The quantitative estimate of drug-likeness (QED) is 0.861. The van der Waals surface area contributed by atoms with Gasteiger partial charge in [0.25, 0.3) is 0 Å². The summed E-state index contributed by atoms with van der Waals surface area (Å²) >= 11 is 3.20. The maximum Gasteiger partial charge on any atom is 0.243 e. The zero-order chi connectivity index (χ0) is 13.3. The van der Waals surface area contributed by atoms with E-state index in [1.54, 1.807) is 6.07 Å². The number of nitrogens with one attached hydrogen (secondary N) is 2. The number of hydrogen-bond donors (Lipinski definition) is 2. The molecular weight excluding hydrogens is 323 g/mol. The van der Waals surface area contributed by atoms with Crippen LogP contribution < -0.4 is 10.0 Å². The fraction of sp³-hybridized carbons (Fsp3) is 0.455. The standard InChI is InChI=1S/C11H14BrFN2O2S/c1-14-18(16,17)10-5-8(12)4-7(11(10)13)6-15-9-2-3-9/h4-5,9,14-15H,2-3,6H2,1H3. The molecule has 2 N–H and O–H groups in total. The van der Waals surface area contributed by atoms with Gasteiger partial charge < -0.3 is 5.32 Å². The predicted octanol–water partition coefficient (Wildman–Crippen LogP) is 1.75. The summed E-state index contributed by atoms with van der Waals surface area (Å²) in [6.07, 6.45) is 2.19. The van der Waals surface area contributed by atoms with E-state index in [9.17, 15) is 12.8 Å². The van der Waals surface area contributed by atoms with Gasteiger partial charge in [-0.05, 0) is 32.0 Å². The summed E-state index contributed by atoms with van der Waals surface area (Å²) in [4.78, 5) is -0.327. The van der Waals surface area contributed by atoms with Crippen molar-refractivity contribution >= 4 is 26.0 Å². The molecule has 1 aromatic rings. The molecule has 0 saturated heterocycles. The van der Waals surface area contributed by atoms with E-state index in [0.29, 0.717) is 22.6 Å². The Bertz CT molecular complexity index is 558. The van der Waals surface area contributed by atoms with E-state index in [0.717, 1.165) is 12.8 Å². The highest BCUT2D eigenvalue weighted by Gasteiger charge is 2.23. The van der Waals surface area contributed by atoms with Crippen LogP contribution in [-0.2, 0) is 16.6 Å². The van der Waals surface area contributed by atoms with Crippen LogP contribution in [0.3, 0.4) is 0 Å². The molecule has 2 rings (SSSR count). The van der Waals surface area contributed by atoms with Crippen molar-refractivity contribution in [2.45, 2.75) is 30.3 Å². The summed E-state index contributed by atoms with van der Waals surface area (Å²) in [6.45, 7) is 0.335. The number of sulfonamides is 1. The maximum absolute atomic E-state index is 14.1. The number of hydrogen-bond acceptors (Lipinski definition) is 3. The zero-order valence-corrected chi connectivity index (χ0v) is 12.2. The first kappa shape index (κ1) is 13.9. The minimum atomic E-state index is -3.78. The van der Waals surface area contributed by atoms with E-state index in [1.165, 1.54) is 13.1 Å². The van der Waals surface area contributed by atoms with E-state index in [1.807, 2.05) is 0 Å². The minimum absolute atomic E-state index is 0.327. The van der Waals surface area contributed by atoms with Gasteiger partial charge in [0.1, 0.15) is 10.7 Å². The summed E-state index contributed by atoms with van der Waals surface area (Å²) in [5.41, 5.74) is 0.352. The van der Waals surface area contributed by atoms with E-state index in [2.05, 4.69) is 26.0 Å². The molecule has 7 heteroatoms. The van der Waals surface area contributed by atoms with E-state index < -0.39 is 15.8 Å². The highest BCUT2D eigenvalue weighted by molar-refractivity contribution is 9.10. The Morgan fingerprint density at radius 1 is 1.44 bits per heavy atom. The molecule has 0 aliphatic heterocycles. The monoisotopic (exact) mass is 336 g/mol. The molecule has 1 saturated carbocycles. The van der Waals surface area contributed by atoms with Crippen molar-refractivity contribution < 1.29 is 12.8 Å². The summed E-state index contributed by atoms with van der Waals surface area (Å²) < 4.78 is 40.2. The van der Waals surface area contributed by atoms with Gasteiger partial charge in [0.15, 0.2) is 0 Å². The highest BCUT2D eigenvalue weighted by Crippen LogP contribution is 2.25. The molecule has 0 aromatic heterocycles. The van der Waals surface area contributed by atoms with Gasteiger partial charge in [-0.15, -0.1) is 0 Å². The van der Waals surface area contributed by atoms with Crippen LogP contribution in [0.2, 0.25) is 0 Å². The van der Waals surface area contributed by atoms with Crippen molar-refractivity contribution in [3.05, 3.63) is 28.0 Å². The summed E-state index contributed by atoms with van der Waals surface area (Å²) in [7, 11) is -2.52. The predicted molar refractivity (Wildman–Crippen MR) is 70.2 cm³/mol. The molecule has 18 heavy (non-hydrogen) atoms. The first-order valence-corrected chi connectivity index (χ1v) is 7.86. The molecule has 0 bridgehead atoms. The van der Waals surface area contributed by atoms with Gasteiger partial charge in [-0.25, -0.2) is 17.5 Å². The van der Waals surface area contributed by atoms with Gasteiger partial charge in [0, 0.05) is 22.6 Å². The lowest BCUT2D eigenvalue weighted by molar-refractivity contribution is 0.543. The topological polar surface area (TPSA) is 58.2 Å². The molecule has 0 atom stereocenters. The largest absolute Gasteiger partial charge is 0.310 e. The molecule has 0 spiro atoms. The summed E-state index contributed by atoms with van der Waals surface area (Å²) in [5, 5.41) is 3.16. The molecule has 0 amide bonds. The van der Waals surface area contributed by atoms with Crippen molar-refractivity contribution in [2.75, 3.05) is 7.05 Å². The van der Waals surface area contributed by atoms with Gasteiger partial charge in [0.05, 0.1) is 0 Å². The third kappa shape index (κ3) is 3.09. The molecule has 0 heterocycles. The second-order valence-electron chi connectivity index (χ2n) is 4.24. The average molecular weight is 337 g/mol. The van der Waals surface area contributed by atoms with Gasteiger partial charge in [-0.3, -0.25) is 0 Å². The van der Waals surface area contributed by atoms with Crippen molar-refractivity contribution in [2.24, 2.45) is 0 Å². The lowest BCUT2D eigenvalue weighted by Crippen LogP contribution is -2.22. The van der Waals surface area contributed by atoms with E-state index in [-0.39, 0.29) is 4.90 Å². The van der Waals surface area contributed by atoms with E-state index >= 15 is 0 Å². The summed E-state index contributed by atoms with van der Waals surface area (Å²) in [5.74, 6) is -0.694. The third-order valence-corrected chi connectivity index (χ3v) is 4.67. The van der Waals surface area contributed by atoms with Crippen LogP contribution in [0.4, 0.5) is 4.39 Å². The fourth-order valence-corrected chi connectivity index (χ4v) is 3.12. The van der Waals surface area contributed by atoms with Crippen molar-refractivity contribution in [1.82, 2.24) is 10.0 Å². The Kier molecular flexibility index (Phi) is 4.05. The smallest absolute Gasteiger partial charge is 0.243 e. The first-order valence-electron chi connectivity index (χ1n) is 5.59. The molecule has 1 aliphatic rings. The highest BCUT2D eigenvalue weighted by atomic mass is 79.9. The Morgan fingerprint density at radius 2 is 2.11 bits per heavy atom.